The molecule has 0 amide bonds. The second-order valence-electron chi connectivity index (χ2n) is 4.70. The Morgan fingerprint density at radius 2 is 1.90 bits per heavy atom. The van der Waals surface area contributed by atoms with Crippen LogP contribution in [0.5, 0.6) is 0 Å². The molecule has 3 aromatic rings. The Bertz CT molecular complexity index is 794. The Kier molecular flexibility index (Phi) is 3.23. The molecule has 1 heterocycles. The van der Waals surface area contributed by atoms with Gasteiger partial charge in [0, 0.05) is 0 Å². The van der Waals surface area contributed by atoms with E-state index in [1.54, 1.807) is 0 Å². The summed E-state index contributed by atoms with van der Waals surface area (Å²) in [6.45, 7) is 1.99. The second-order valence-corrected chi connectivity index (χ2v) is 4.70. The molecule has 2 aromatic carbocycles. The first-order chi connectivity index (χ1) is 10.2. The van der Waals surface area contributed by atoms with E-state index in [9.17, 15) is 4.79 Å². The van der Waals surface area contributed by atoms with Crippen LogP contribution >= 0.6 is 0 Å². The summed E-state index contributed by atoms with van der Waals surface area (Å²) < 4.78 is 1.32. The SMILES string of the molecule is Cc1cc(-n2nncc2C(=O)O)ccc1-c1ccccc1. The number of aryl methyl sites for hydroxylation is 1. The fourth-order valence-corrected chi connectivity index (χ4v) is 2.29. The average molecular weight is 279 g/mol. The molecule has 0 radical (unpaired) electrons. The van der Waals surface area contributed by atoms with Crippen LogP contribution in [0.4, 0.5) is 0 Å². The third-order valence-corrected chi connectivity index (χ3v) is 3.31. The first-order valence-electron chi connectivity index (χ1n) is 6.47. The largest absolute Gasteiger partial charge is 0.476 e. The molecule has 0 saturated carbocycles. The van der Waals surface area contributed by atoms with Gasteiger partial charge in [0.25, 0.3) is 0 Å². The third-order valence-electron chi connectivity index (χ3n) is 3.31. The van der Waals surface area contributed by atoms with Gasteiger partial charge in [0.2, 0.25) is 0 Å². The fourth-order valence-electron chi connectivity index (χ4n) is 2.29. The predicted molar refractivity (Wildman–Crippen MR) is 78.5 cm³/mol. The van der Waals surface area contributed by atoms with Crippen LogP contribution in [0.2, 0.25) is 0 Å². The Morgan fingerprint density at radius 1 is 1.14 bits per heavy atom. The summed E-state index contributed by atoms with van der Waals surface area (Å²) in [6.07, 6.45) is 1.24. The summed E-state index contributed by atoms with van der Waals surface area (Å²) >= 11 is 0. The summed E-state index contributed by atoms with van der Waals surface area (Å²) in [7, 11) is 0. The van der Waals surface area contributed by atoms with Crippen molar-refractivity contribution in [1.82, 2.24) is 15.0 Å². The number of benzene rings is 2. The van der Waals surface area contributed by atoms with Gasteiger partial charge in [-0.05, 0) is 35.7 Å². The molecule has 0 unspecified atom stereocenters. The number of carbonyl (C=O) groups is 1. The summed E-state index contributed by atoms with van der Waals surface area (Å²) in [6, 6.07) is 15.8. The molecular formula is C16H13N3O2. The molecule has 21 heavy (non-hydrogen) atoms. The lowest BCUT2D eigenvalue weighted by Gasteiger charge is -2.09. The quantitative estimate of drug-likeness (QED) is 0.800. The molecule has 0 atom stereocenters. The van der Waals surface area contributed by atoms with Gasteiger partial charge in [-0.3, -0.25) is 0 Å². The first-order valence-corrected chi connectivity index (χ1v) is 6.47. The molecule has 0 aliphatic heterocycles. The Morgan fingerprint density at radius 3 is 2.57 bits per heavy atom. The smallest absolute Gasteiger partial charge is 0.356 e. The van der Waals surface area contributed by atoms with Crippen LogP contribution in [0.3, 0.4) is 0 Å². The van der Waals surface area contributed by atoms with Crippen LogP contribution in [-0.4, -0.2) is 26.1 Å². The van der Waals surface area contributed by atoms with E-state index in [0.717, 1.165) is 16.7 Å². The third kappa shape index (κ3) is 2.41. The van der Waals surface area contributed by atoms with Gasteiger partial charge >= 0.3 is 5.97 Å². The van der Waals surface area contributed by atoms with Crippen molar-refractivity contribution in [3.8, 4) is 16.8 Å². The number of hydrogen-bond acceptors (Lipinski definition) is 3. The zero-order chi connectivity index (χ0) is 14.8. The van der Waals surface area contributed by atoms with E-state index in [1.165, 1.54) is 10.9 Å². The van der Waals surface area contributed by atoms with Gasteiger partial charge in [0.1, 0.15) is 0 Å². The molecule has 1 N–H and O–H groups in total. The van der Waals surface area contributed by atoms with E-state index in [0.29, 0.717) is 5.69 Å². The fraction of sp³-hybridized carbons (Fsp3) is 0.0625. The van der Waals surface area contributed by atoms with Crippen LogP contribution in [0, 0.1) is 6.92 Å². The van der Waals surface area contributed by atoms with E-state index in [2.05, 4.69) is 10.3 Å². The highest BCUT2D eigenvalue weighted by Gasteiger charge is 2.13. The Hall–Kier alpha value is -2.95. The van der Waals surface area contributed by atoms with Gasteiger partial charge in [-0.25, -0.2) is 9.48 Å². The normalized spacial score (nSPS) is 10.5. The highest BCUT2D eigenvalue weighted by molar-refractivity contribution is 5.86. The molecule has 0 aliphatic carbocycles. The van der Waals surface area contributed by atoms with Crippen LogP contribution < -0.4 is 0 Å². The number of carboxylic acid groups (broad SMARTS) is 1. The standard InChI is InChI=1S/C16H13N3O2/c1-11-9-13(19-15(16(20)21)10-17-18-19)7-8-14(11)12-5-3-2-4-6-12/h2-10H,1H3,(H,20,21). The van der Waals surface area contributed by atoms with Crippen molar-refractivity contribution in [2.24, 2.45) is 0 Å². The maximum atomic E-state index is 11.1. The number of nitrogens with zero attached hydrogens (tertiary/aromatic N) is 3. The summed E-state index contributed by atoms with van der Waals surface area (Å²) in [4.78, 5) is 11.1. The van der Waals surface area contributed by atoms with Gasteiger partial charge in [-0.2, -0.15) is 0 Å². The minimum absolute atomic E-state index is 0.0434. The van der Waals surface area contributed by atoms with E-state index >= 15 is 0 Å². The summed E-state index contributed by atoms with van der Waals surface area (Å²) in [5, 5.41) is 16.6. The van der Waals surface area contributed by atoms with E-state index in [1.807, 2.05) is 55.5 Å². The van der Waals surface area contributed by atoms with Crippen molar-refractivity contribution < 1.29 is 9.90 Å². The Labute approximate surface area is 121 Å². The first kappa shape index (κ1) is 13.1. The number of hydrogen-bond donors (Lipinski definition) is 1. The lowest BCUT2D eigenvalue weighted by Crippen LogP contribution is -2.08. The molecule has 0 spiro atoms. The number of aromatic carboxylic acids is 1. The lowest BCUT2D eigenvalue weighted by atomic mass is 10.00. The van der Waals surface area contributed by atoms with Crippen LogP contribution in [-0.2, 0) is 0 Å². The van der Waals surface area contributed by atoms with Gasteiger partial charge in [-0.1, -0.05) is 41.6 Å². The molecule has 0 saturated heterocycles. The summed E-state index contributed by atoms with van der Waals surface area (Å²) in [5.74, 6) is -1.05. The number of carboxylic acids is 1. The molecule has 5 nitrogen and oxygen atoms in total. The zero-order valence-electron chi connectivity index (χ0n) is 11.4. The van der Waals surface area contributed by atoms with Crippen molar-refractivity contribution >= 4 is 5.97 Å². The van der Waals surface area contributed by atoms with E-state index in [4.69, 9.17) is 5.11 Å². The molecular weight excluding hydrogens is 266 g/mol. The second kappa shape index (κ2) is 5.20. The number of aromatic nitrogens is 3. The lowest BCUT2D eigenvalue weighted by molar-refractivity contribution is 0.0687. The summed E-state index contributed by atoms with van der Waals surface area (Å²) in [5.41, 5.74) is 4.00. The highest BCUT2D eigenvalue weighted by Crippen LogP contribution is 2.25. The molecule has 5 heteroatoms. The van der Waals surface area contributed by atoms with E-state index < -0.39 is 5.97 Å². The van der Waals surface area contributed by atoms with Gasteiger partial charge < -0.3 is 5.11 Å². The van der Waals surface area contributed by atoms with Gasteiger partial charge in [0.15, 0.2) is 5.69 Å². The predicted octanol–water partition coefficient (Wildman–Crippen LogP) is 2.94. The van der Waals surface area contributed by atoms with Crippen molar-refractivity contribution in [1.29, 1.82) is 0 Å². The van der Waals surface area contributed by atoms with Gasteiger partial charge in [0.05, 0.1) is 11.9 Å². The minimum atomic E-state index is -1.05. The van der Waals surface area contributed by atoms with Crippen LogP contribution in [0.1, 0.15) is 16.1 Å². The van der Waals surface area contributed by atoms with Crippen LogP contribution in [0.15, 0.2) is 54.7 Å². The van der Waals surface area contributed by atoms with Crippen molar-refractivity contribution in [3.63, 3.8) is 0 Å². The average Bonchev–Trinajstić information content (AvgIpc) is 2.97. The molecule has 104 valence electrons. The monoisotopic (exact) mass is 279 g/mol. The topological polar surface area (TPSA) is 68.0 Å². The van der Waals surface area contributed by atoms with Crippen molar-refractivity contribution in [2.75, 3.05) is 0 Å². The molecule has 0 fully saturated rings. The number of rotatable bonds is 3. The maximum absolute atomic E-state index is 11.1. The molecule has 0 bridgehead atoms. The van der Waals surface area contributed by atoms with Crippen LogP contribution in [0.25, 0.3) is 16.8 Å². The Balaban J connectivity index is 2.06. The molecule has 0 aliphatic rings. The van der Waals surface area contributed by atoms with Gasteiger partial charge in [-0.15, -0.1) is 5.10 Å². The molecule has 1 aromatic heterocycles. The molecule has 3 rings (SSSR count). The maximum Gasteiger partial charge on any atom is 0.356 e. The van der Waals surface area contributed by atoms with E-state index in [-0.39, 0.29) is 5.69 Å². The van der Waals surface area contributed by atoms with Crippen molar-refractivity contribution in [3.05, 3.63) is 66.0 Å². The zero-order valence-corrected chi connectivity index (χ0v) is 11.4. The van der Waals surface area contributed by atoms with Crippen molar-refractivity contribution in [2.45, 2.75) is 6.92 Å². The highest BCUT2D eigenvalue weighted by atomic mass is 16.4. The minimum Gasteiger partial charge on any atom is -0.476 e.